The van der Waals surface area contributed by atoms with Crippen molar-refractivity contribution in [2.75, 3.05) is 13.2 Å². The molecule has 1 unspecified atom stereocenters. The van der Waals surface area contributed by atoms with E-state index in [0.717, 1.165) is 19.1 Å². The van der Waals surface area contributed by atoms with Crippen molar-refractivity contribution in [2.24, 2.45) is 5.92 Å². The zero-order chi connectivity index (χ0) is 13.8. The number of nitrogens with one attached hydrogen (secondary N) is 1. The van der Waals surface area contributed by atoms with Crippen molar-refractivity contribution in [2.45, 2.75) is 89.7 Å². The van der Waals surface area contributed by atoms with Gasteiger partial charge in [0.2, 0.25) is 0 Å². The van der Waals surface area contributed by atoms with Crippen LogP contribution >= 0.6 is 0 Å². The molecule has 2 rings (SSSR count). The molecule has 1 aliphatic heterocycles. The molecule has 1 spiro atoms. The summed E-state index contributed by atoms with van der Waals surface area (Å²) in [6.45, 7) is 8.92. The maximum absolute atomic E-state index is 6.18. The maximum Gasteiger partial charge on any atom is 0.0685 e. The van der Waals surface area contributed by atoms with Gasteiger partial charge >= 0.3 is 0 Å². The summed E-state index contributed by atoms with van der Waals surface area (Å²) in [6, 6.07) is 0. The number of ether oxygens (including phenoxy) is 1. The molecule has 1 aliphatic carbocycles. The van der Waals surface area contributed by atoms with Crippen LogP contribution in [-0.4, -0.2) is 24.3 Å². The predicted molar refractivity (Wildman–Crippen MR) is 81.5 cm³/mol. The van der Waals surface area contributed by atoms with Crippen molar-refractivity contribution >= 4 is 0 Å². The van der Waals surface area contributed by atoms with Crippen LogP contribution in [0.3, 0.4) is 0 Å². The first-order valence-corrected chi connectivity index (χ1v) is 8.38. The van der Waals surface area contributed by atoms with Gasteiger partial charge in [-0.1, -0.05) is 19.3 Å². The van der Waals surface area contributed by atoms with E-state index in [9.17, 15) is 0 Å². The SMILES string of the molecule is CC(C)(C)NCCCC1CCOC2(CCCCC2)C1. The van der Waals surface area contributed by atoms with Crippen molar-refractivity contribution in [3.63, 3.8) is 0 Å². The van der Waals surface area contributed by atoms with Crippen LogP contribution in [0.5, 0.6) is 0 Å². The Bertz CT molecular complexity index is 257. The zero-order valence-corrected chi connectivity index (χ0v) is 13.3. The molecule has 19 heavy (non-hydrogen) atoms. The molecule has 1 atom stereocenters. The standard InChI is InChI=1S/C17H33NO/c1-16(2,3)18-12-7-8-15-9-13-19-17(14-15)10-5-4-6-11-17/h15,18H,4-14H2,1-3H3. The van der Waals surface area contributed by atoms with E-state index < -0.39 is 0 Å². The second kappa shape index (κ2) is 6.58. The molecule has 0 aromatic heterocycles. The van der Waals surface area contributed by atoms with Gasteiger partial charge in [-0.2, -0.15) is 0 Å². The van der Waals surface area contributed by atoms with Crippen LogP contribution in [0.1, 0.15) is 78.6 Å². The summed E-state index contributed by atoms with van der Waals surface area (Å²) in [5.74, 6) is 0.911. The molecular weight excluding hydrogens is 234 g/mol. The van der Waals surface area contributed by atoms with Gasteiger partial charge in [0.1, 0.15) is 0 Å². The van der Waals surface area contributed by atoms with Gasteiger partial charge in [-0.05, 0) is 71.8 Å². The van der Waals surface area contributed by atoms with E-state index in [1.165, 1.54) is 57.8 Å². The molecule has 0 bridgehead atoms. The maximum atomic E-state index is 6.18. The summed E-state index contributed by atoms with van der Waals surface area (Å²) in [4.78, 5) is 0. The Balaban J connectivity index is 1.69. The van der Waals surface area contributed by atoms with Gasteiger partial charge in [-0.25, -0.2) is 0 Å². The van der Waals surface area contributed by atoms with Crippen molar-refractivity contribution in [3.8, 4) is 0 Å². The van der Waals surface area contributed by atoms with Gasteiger partial charge in [0.05, 0.1) is 5.60 Å². The lowest BCUT2D eigenvalue weighted by Gasteiger charge is -2.43. The first kappa shape index (κ1) is 15.3. The van der Waals surface area contributed by atoms with Crippen molar-refractivity contribution < 1.29 is 4.74 Å². The third-order valence-electron chi connectivity index (χ3n) is 4.80. The fraction of sp³-hybridized carbons (Fsp3) is 1.00. The van der Waals surface area contributed by atoms with Crippen LogP contribution in [0.25, 0.3) is 0 Å². The molecule has 0 aromatic rings. The van der Waals surface area contributed by atoms with E-state index in [1.807, 2.05) is 0 Å². The normalized spacial score (nSPS) is 27.6. The second-order valence-corrected chi connectivity index (χ2v) is 7.77. The first-order valence-electron chi connectivity index (χ1n) is 8.38. The zero-order valence-electron chi connectivity index (χ0n) is 13.3. The average Bonchev–Trinajstić information content (AvgIpc) is 2.35. The fourth-order valence-corrected chi connectivity index (χ4v) is 3.77. The summed E-state index contributed by atoms with van der Waals surface area (Å²) >= 11 is 0. The Kier molecular flexibility index (Phi) is 5.30. The molecule has 0 radical (unpaired) electrons. The van der Waals surface area contributed by atoms with Gasteiger partial charge in [-0.3, -0.25) is 0 Å². The smallest absolute Gasteiger partial charge is 0.0685 e. The van der Waals surface area contributed by atoms with E-state index in [4.69, 9.17) is 4.74 Å². The van der Waals surface area contributed by atoms with Crippen LogP contribution in [0.15, 0.2) is 0 Å². The van der Waals surface area contributed by atoms with E-state index >= 15 is 0 Å². The van der Waals surface area contributed by atoms with Gasteiger partial charge in [0.25, 0.3) is 0 Å². The molecule has 0 aromatic carbocycles. The van der Waals surface area contributed by atoms with Crippen molar-refractivity contribution in [1.29, 1.82) is 0 Å². The number of rotatable bonds is 4. The van der Waals surface area contributed by atoms with Crippen molar-refractivity contribution in [1.82, 2.24) is 5.32 Å². The molecule has 2 fully saturated rings. The molecular formula is C17H33NO. The molecule has 2 nitrogen and oxygen atoms in total. The number of hydrogen-bond acceptors (Lipinski definition) is 2. The Morgan fingerprint density at radius 3 is 2.58 bits per heavy atom. The molecule has 2 aliphatic rings. The molecule has 1 saturated carbocycles. The van der Waals surface area contributed by atoms with E-state index in [-0.39, 0.29) is 5.54 Å². The highest BCUT2D eigenvalue weighted by Crippen LogP contribution is 2.41. The highest BCUT2D eigenvalue weighted by molar-refractivity contribution is 4.89. The second-order valence-electron chi connectivity index (χ2n) is 7.77. The van der Waals surface area contributed by atoms with Gasteiger partial charge < -0.3 is 10.1 Å². The van der Waals surface area contributed by atoms with Gasteiger partial charge in [0.15, 0.2) is 0 Å². The quantitative estimate of drug-likeness (QED) is 0.767. The summed E-state index contributed by atoms with van der Waals surface area (Å²) in [6.07, 6.45) is 12.2. The molecule has 112 valence electrons. The minimum Gasteiger partial charge on any atom is -0.375 e. The van der Waals surface area contributed by atoms with Gasteiger partial charge in [-0.15, -0.1) is 0 Å². The van der Waals surface area contributed by atoms with Crippen LogP contribution < -0.4 is 5.32 Å². The van der Waals surface area contributed by atoms with E-state index in [2.05, 4.69) is 26.1 Å². The van der Waals surface area contributed by atoms with Crippen molar-refractivity contribution in [3.05, 3.63) is 0 Å². The minimum atomic E-state index is 0.264. The lowest BCUT2D eigenvalue weighted by atomic mass is 9.75. The summed E-state index contributed by atoms with van der Waals surface area (Å²) in [5.41, 5.74) is 0.554. The summed E-state index contributed by atoms with van der Waals surface area (Å²) in [7, 11) is 0. The van der Waals surface area contributed by atoms with Crippen LogP contribution in [-0.2, 0) is 4.74 Å². The van der Waals surface area contributed by atoms with Crippen LogP contribution in [0, 0.1) is 5.92 Å². The largest absolute Gasteiger partial charge is 0.375 e. The summed E-state index contributed by atoms with van der Waals surface area (Å²) in [5, 5.41) is 3.60. The molecule has 2 heteroatoms. The van der Waals surface area contributed by atoms with E-state index in [1.54, 1.807) is 0 Å². The fourth-order valence-electron chi connectivity index (χ4n) is 3.77. The third-order valence-corrected chi connectivity index (χ3v) is 4.80. The van der Waals surface area contributed by atoms with Crippen LogP contribution in [0.2, 0.25) is 0 Å². The Labute approximate surface area is 119 Å². The lowest BCUT2D eigenvalue weighted by molar-refractivity contribution is -0.118. The number of hydrogen-bond donors (Lipinski definition) is 1. The van der Waals surface area contributed by atoms with E-state index in [0.29, 0.717) is 5.60 Å². The topological polar surface area (TPSA) is 21.3 Å². The molecule has 1 saturated heterocycles. The summed E-state index contributed by atoms with van der Waals surface area (Å²) < 4.78 is 6.18. The molecule has 0 amide bonds. The minimum absolute atomic E-state index is 0.264. The predicted octanol–water partition coefficient (Wildman–Crippen LogP) is 4.28. The van der Waals surface area contributed by atoms with Crippen LogP contribution in [0.4, 0.5) is 0 Å². The highest BCUT2D eigenvalue weighted by Gasteiger charge is 2.37. The molecule has 1 N–H and O–H groups in total. The Hall–Kier alpha value is -0.0800. The Morgan fingerprint density at radius 2 is 1.89 bits per heavy atom. The van der Waals surface area contributed by atoms with Gasteiger partial charge in [0, 0.05) is 12.1 Å². The monoisotopic (exact) mass is 267 g/mol. The average molecular weight is 267 g/mol. The third kappa shape index (κ3) is 5.07. The lowest BCUT2D eigenvalue weighted by Crippen LogP contribution is -2.41. The Morgan fingerprint density at radius 1 is 1.16 bits per heavy atom. The first-order chi connectivity index (χ1) is 8.99. The molecule has 1 heterocycles. The highest BCUT2D eigenvalue weighted by atomic mass is 16.5.